The molecule has 1 amide bonds. The summed E-state index contributed by atoms with van der Waals surface area (Å²) in [5.74, 6) is 1.14. The largest absolute Gasteiger partial charge is 0.479 e. The number of carbonyl (C=O) groups excluding carboxylic acids is 1. The Labute approximate surface area is 137 Å². The van der Waals surface area contributed by atoms with Gasteiger partial charge in [0, 0.05) is 13.1 Å². The Morgan fingerprint density at radius 1 is 1.55 bits per heavy atom. The molecule has 2 atom stereocenters. The lowest BCUT2D eigenvalue weighted by atomic mass is 9.97. The smallest absolute Gasteiger partial charge is 0.263 e. The number of ether oxygens (including phenoxy) is 1. The Kier molecular flexibility index (Phi) is 6.09. The summed E-state index contributed by atoms with van der Waals surface area (Å²) in [5, 5.41) is 3.73. The summed E-state index contributed by atoms with van der Waals surface area (Å²) in [6, 6.07) is 5.59. The number of halogens is 1. The number of rotatable bonds is 5. The molecule has 0 aromatic heterocycles. The van der Waals surface area contributed by atoms with Crippen LogP contribution in [0.3, 0.4) is 0 Å². The fourth-order valence-electron chi connectivity index (χ4n) is 2.92. The van der Waals surface area contributed by atoms with E-state index in [-0.39, 0.29) is 5.91 Å². The quantitative estimate of drug-likeness (QED) is 0.905. The molecule has 1 saturated heterocycles. The first kappa shape index (κ1) is 17.1. The summed E-state index contributed by atoms with van der Waals surface area (Å²) >= 11 is 6.14. The summed E-state index contributed by atoms with van der Waals surface area (Å²) in [7, 11) is 1.95. The average Bonchev–Trinajstić information content (AvgIpc) is 2.50. The molecule has 1 fully saturated rings. The fourth-order valence-corrected chi connectivity index (χ4v) is 3.08. The van der Waals surface area contributed by atoms with Crippen molar-refractivity contribution in [1.82, 2.24) is 10.2 Å². The number of nitrogens with zero attached hydrogens (tertiary/aromatic N) is 1. The summed E-state index contributed by atoms with van der Waals surface area (Å²) in [6.07, 6.45) is 1.70. The zero-order chi connectivity index (χ0) is 16.1. The molecule has 1 aromatic carbocycles. The van der Waals surface area contributed by atoms with E-state index in [1.807, 2.05) is 31.0 Å². The van der Waals surface area contributed by atoms with Crippen molar-refractivity contribution in [2.45, 2.75) is 32.8 Å². The number of benzene rings is 1. The number of nitrogens with one attached hydrogen (secondary N) is 1. The van der Waals surface area contributed by atoms with Crippen LogP contribution >= 0.6 is 11.6 Å². The van der Waals surface area contributed by atoms with Crippen LogP contribution in [0.2, 0.25) is 5.02 Å². The summed E-state index contributed by atoms with van der Waals surface area (Å²) in [6.45, 7) is 6.33. The number of carbonyl (C=O) groups is 1. The van der Waals surface area contributed by atoms with Gasteiger partial charge in [-0.1, -0.05) is 17.7 Å². The second kappa shape index (κ2) is 7.84. The van der Waals surface area contributed by atoms with E-state index in [1.54, 1.807) is 13.0 Å². The summed E-state index contributed by atoms with van der Waals surface area (Å²) < 4.78 is 5.80. The Morgan fingerprint density at radius 3 is 3.05 bits per heavy atom. The van der Waals surface area contributed by atoms with E-state index in [9.17, 15) is 4.79 Å². The average molecular weight is 325 g/mol. The van der Waals surface area contributed by atoms with Gasteiger partial charge in [0.25, 0.3) is 5.91 Å². The number of piperidine rings is 1. The molecule has 2 rings (SSSR count). The molecule has 4 nitrogen and oxygen atoms in total. The number of aryl methyl sites for hydroxylation is 1. The summed E-state index contributed by atoms with van der Waals surface area (Å²) in [5.41, 5.74) is 1.06. The van der Waals surface area contributed by atoms with Crippen molar-refractivity contribution >= 4 is 17.5 Å². The molecule has 1 heterocycles. The molecule has 22 heavy (non-hydrogen) atoms. The Hall–Kier alpha value is -1.26. The first-order valence-corrected chi connectivity index (χ1v) is 8.25. The second-order valence-corrected chi connectivity index (χ2v) is 6.45. The fraction of sp³-hybridized carbons (Fsp3) is 0.588. The van der Waals surface area contributed by atoms with Gasteiger partial charge in [0.15, 0.2) is 6.10 Å². The van der Waals surface area contributed by atoms with Gasteiger partial charge in [0.05, 0.1) is 5.02 Å². The highest BCUT2D eigenvalue weighted by molar-refractivity contribution is 6.32. The van der Waals surface area contributed by atoms with Crippen molar-refractivity contribution in [3.8, 4) is 5.75 Å². The molecule has 5 heteroatoms. The molecule has 0 bridgehead atoms. The van der Waals surface area contributed by atoms with E-state index in [0.29, 0.717) is 16.7 Å². The molecule has 0 saturated carbocycles. The van der Waals surface area contributed by atoms with Crippen molar-refractivity contribution in [3.63, 3.8) is 0 Å². The number of hydrogen-bond acceptors (Lipinski definition) is 3. The monoisotopic (exact) mass is 324 g/mol. The van der Waals surface area contributed by atoms with Gasteiger partial charge in [-0.25, -0.2) is 0 Å². The lowest BCUT2D eigenvalue weighted by Crippen LogP contribution is -2.47. The molecule has 122 valence electrons. The minimum atomic E-state index is -0.521. The zero-order valence-electron chi connectivity index (χ0n) is 13.6. The minimum absolute atomic E-state index is 0.0402. The lowest BCUT2D eigenvalue weighted by molar-refractivity contribution is -0.139. The first-order valence-electron chi connectivity index (χ1n) is 7.87. The van der Waals surface area contributed by atoms with Crippen LogP contribution in [0, 0.1) is 12.8 Å². The van der Waals surface area contributed by atoms with Gasteiger partial charge in [-0.3, -0.25) is 4.79 Å². The van der Waals surface area contributed by atoms with Crippen LogP contribution in [-0.2, 0) is 4.79 Å². The van der Waals surface area contributed by atoms with Crippen LogP contribution in [0.4, 0.5) is 0 Å². The third kappa shape index (κ3) is 4.37. The highest BCUT2D eigenvalue weighted by Crippen LogP contribution is 2.27. The second-order valence-electron chi connectivity index (χ2n) is 6.04. The van der Waals surface area contributed by atoms with Crippen LogP contribution in [-0.4, -0.2) is 43.6 Å². The van der Waals surface area contributed by atoms with Crippen molar-refractivity contribution in [2.24, 2.45) is 5.92 Å². The van der Waals surface area contributed by atoms with E-state index >= 15 is 0 Å². The summed E-state index contributed by atoms with van der Waals surface area (Å²) in [4.78, 5) is 14.5. The maximum atomic E-state index is 12.6. The van der Waals surface area contributed by atoms with E-state index in [0.717, 1.165) is 31.6 Å². The first-order chi connectivity index (χ1) is 10.5. The van der Waals surface area contributed by atoms with Gasteiger partial charge in [0.1, 0.15) is 5.75 Å². The van der Waals surface area contributed by atoms with Crippen LogP contribution in [0.5, 0.6) is 5.75 Å². The van der Waals surface area contributed by atoms with Crippen LogP contribution in [0.15, 0.2) is 18.2 Å². The minimum Gasteiger partial charge on any atom is -0.479 e. The van der Waals surface area contributed by atoms with Gasteiger partial charge >= 0.3 is 0 Å². The lowest BCUT2D eigenvalue weighted by Gasteiger charge is -2.34. The molecule has 0 aliphatic carbocycles. The molecule has 0 unspecified atom stereocenters. The Bertz CT molecular complexity index is 519. The van der Waals surface area contributed by atoms with Crippen molar-refractivity contribution < 1.29 is 9.53 Å². The highest BCUT2D eigenvalue weighted by atomic mass is 35.5. The SMILES string of the molecule is CNC[C@H]1CCCN(C(=O)[C@H](C)Oc2cc(C)ccc2Cl)C1. The topological polar surface area (TPSA) is 41.6 Å². The standard InChI is InChI=1S/C17H25ClN2O2/c1-12-6-7-15(18)16(9-12)22-13(2)17(21)20-8-4-5-14(11-20)10-19-3/h6-7,9,13-14,19H,4-5,8,10-11H2,1-3H3/t13-,14+/m0/s1. The Morgan fingerprint density at radius 2 is 2.32 bits per heavy atom. The van der Waals surface area contributed by atoms with E-state index in [1.165, 1.54) is 6.42 Å². The molecule has 0 radical (unpaired) electrons. The van der Waals surface area contributed by atoms with Crippen LogP contribution in [0.1, 0.15) is 25.3 Å². The predicted molar refractivity (Wildman–Crippen MR) is 89.5 cm³/mol. The third-order valence-electron chi connectivity index (χ3n) is 4.06. The van der Waals surface area contributed by atoms with Gasteiger partial charge in [-0.2, -0.15) is 0 Å². The highest BCUT2D eigenvalue weighted by Gasteiger charge is 2.27. The molecule has 0 spiro atoms. The Balaban J connectivity index is 1.98. The van der Waals surface area contributed by atoms with E-state index < -0.39 is 6.10 Å². The predicted octanol–water partition coefficient (Wildman–Crippen LogP) is 2.87. The molecule has 1 aromatic rings. The number of hydrogen-bond donors (Lipinski definition) is 1. The van der Waals surface area contributed by atoms with Crippen molar-refractivity contribution in [3.05, 3.63) is 28.8 Å². The maximum Gasteiger partial charge on any atom is 0.263 e. The molecule has 1 aliphatic heterocycles. The van der Waals surface area contributed by atoms with Crippen molar-refractivity contribution in [1.29, 1.82) is 0 Å². The third-order valence-corrected chi connectivity index (χ3v) is 4.37. The number of likely N-dealkylation sites (tertiary alicyclic amines) is 1. The molecular formula is C17H25ClN2O2. The van der Waals surface area contributed by atoms with Gasteiger partial charge in [-0.05, 0) is 63.9 Å². The van der Waals surface area contributed by atoms with Gasteiger partial charge < -0.3 is 15.0 Å². The van der Waals surface area contributed by atoms with Gasteiger partial charge in [-0.15, -0.1) is 0 Å². The van der Waals surface area contributed by atoms with E-state index in [4.69, 9.17) is 16.3 Å². The van der Waals surface area contributed by atoms with Crippen LogP contribution in [0.25, 0.3) is 0 Å². The molecular weight excluding hydrogens is 300 g/mol. The maximum absolute atomic E-state index is 12.6. The zero-order valence-corrected chi connectivity index (χ0v) is 14.3. The van der Waals surface area contributed by atoms with Gasteiger partial charge in [0.2, 0.25) is 0 Å². The van der Waals surface area contributed by atoms with Crippen molar-refractivity contribution in [2.75, 3.05) is 26.7 Å². The molecule has 1 aliphatic rings. The molecule has 1 N–H and O–H groups in total. The van der Waals surface area contributed by atoms with E-state index in [2.05, 4.69) is 5.32 Å². The number of amides is 1. The van der Waals surface area contributed by atoms with Crippen LogP contribution < -0.4 is 10.1 Å². The normalized spacial score (nSPS) is 19.8.